The van der Waals surface area contributed by atoms with E-state index in [0.717, 1.165) is 31.6 Å². The number of nitrogens with zero attached hydrogens (tertiary/aromatic N) is 1. The first kappa shape index (κ1) is 13.6. The Morgan fingerprint density at radius 1 is 1.44 bits per heavy atom. The average Bonchev–Trinajstić information content (AvgIpc) is 2.73. The molecule has 2 fully saturated rings. The van der Waals surface area contributed by atoms with Gasteiger partial charge in [-0.15, -0.1) is 0 Å². The first-order valence-corrected chi connectivity index (χ1v) is 6.89. The third kappa shape index (κ3) is 3.12. The smallest absolute Gasteiger partial charge is 0.246 e. The first-order valence-electron chi connectivity index (χ1n) is 6.89. The number of aliphatic hydroxyl groups is 2. The van der Waals surface area contributed by atoms with Crippen LogP contribution in [0.1, 0.15) is 39.0 Å². The predicted octanol–water partition coefficient (Wildman–Crippen LogP) is 1.08. The summed E-state index contributed by atoms with van der Waals surface area (Å²) in [6, 6.07) is -0.216. The Morgan fingerprint density at radius 2 is 2.11 bits per heavy atom. The van der Waals surface area contributed by atoms with Crippen molar-refractivity contribution in [3.8, 4) is 0 Å². The van der Waals surface area contributed by atoms with Crippen LogP contribution in [0.5, 0.6) is 0 Å². The number of hydrogen-bond acceptors (Lipinski definition) is 3. The Labute approximate surface area is 108 Å². The van der Waals surface area contributed by atoms with E-state index in [9.17, 15) is 15.0 Å². The second-order valence-electron chi connectivity index (χ2n) is 5.70. The third-order valence-corrected chi connectivity index (χ3v) is 4.13. The van der Waals surface area contributed by atoms with E-state index in [2.05, 4.69) is 6.92 Å². The summed E-state index contributed by atoms with van der Waals surface area (Å²) in [4.78, 5) is 13.7. The van der Waals surface area contributed by atoms with Crippen LogP contribution < -0.4 is 0 Å². The summed E-state index contributed by atoms with van der Waals surface area (Å²) < 4.78 is 0. The van der Waals surface area contributed by atoms with Gasteiger partial charge in [0.1, 0.15) is 0 Å². The molecule has 102 valence electrons. The predicted molar refractivity (Wildman–Crippen MR) is 68.9 cm³/mol. The van der Waals surface area contributed by atoms with Gasteiger partial charge in [0, 0.05) is 12.6 Å². The molecule has 0 spiro atoms. The van der Waals surface area contributed by atoms with E-state index in [1.807, 2.05) is 0 Å². The summed E-state index contributed by atoms with van der Waals surface area (Å²) in [6.45, 7) is 2.53. The summed E-state index contributed by atoms with van der Waals surface area (Å²) in [5.74, 6) is 0.714. The molecule has 4 heteroatoms. The quantitative estimate of drug-likeness (QED) is 0.724. The average molecular weight is 253 g/mol. The Morgan fingerprint density at radius 3 is 2.72 bits per heavy atom. The number of likely N-dealkylation sites (tertiary alicyclic amines) is 1. The number of carbonyl (C=O) groups is 1. The molecule has 1 aliphatic heterocycles. The number of allylic oxidation sites excluding steroid dienone is 1. The van der Waals surface area contributed by atoms with E-state index in [1.165, 1.54) is 5.57 Å². The summed E-state index contributed by atoms with van der Waals surface area (Å²) in [5.41, 5.74) is 1.22. The highest BCUT2D eigenvalue weighted by Crippen LogP contribution is 2.28. The fraction of sp³-hybridized carbons (Fsp3) is 0.786. The third-order valence-electron chi connectivity index (χ3n) is 4.13. The minimum atomic E-state index is -0.490. The van der Waals surface area contributed by atoms with Crippen molar-refractivity contribution in [2.75, 3.05) is 13.2 Å². The van der Waals surface area contributed by atoms with Crippen molar-refractivity contribution in [1.29, 1.82) is 0 Å². The van der Waals surface area contributed by atoms with Crippen molar-refractivity contribution in [2.24, 2.45) is 5.92 Å². The highest BCUT2D eigenvalue weighted by Gasteiger charge is 2.33. The molecule has 2 rings (SSSR count). The number of hydrogen-bond donors (Lipinski definition) is 2. The minimum absolute atomic E-state index is 0.0462. The van der Waals surface area contributed by atoms with E-state index < -0.39 is 6.10 Å². The van der Waals surface area contributed by atoms with Gasteiger partial charge >= 0.3 is 0 Å². The van der Waals surface area contributed by atoms with Crippen LogP contribution in [0, 0.1) is 5.92 Å². The Hall–Kier alpha value is -0.870. The highest BCUT2D eigenvalue weighted by atomic mass is 16.3. The zero-order chi connectivity index (χ0) is 13.1. The number of aliphatic hydroxyl groups excluding tert-OH is 2. The lowest BCUT2D eigenvalue weighted by molar-refractivity contribution is -0.127. The van der Waals surface area contributed by atoms with Crippen LogP contribution in [-0.2, 0) is 4.79 Å². The van der Waals surface area contributed by atoms with Gasteiger partial charge in [-0.25, -0.2) is 0 Å². The van der Waals surface area contributed by atoms with Gasteiger partial charge in [-0.1, -0.05) is 12.5 Å². The van der Waals surface area contributed by atoms with Crippen LogP contribution in [0.2, 0.25) is 0 Å². The van der Waals surface area contributed by atoms with E-state index in [0.29, 0.717) is 13.0 Å². The largest absolute Gasteiger partial charge is 0.394 e. The SMILES string of the molecule is CC1CCC(=CC(=O)N2C[C@H](O)C[C@H]2CO)CC1. The van der Waals surface area contributed by atoms with E-state index in [1.54, 1.807) is 11.0 Å². The Bertz CT molecular complexity index is 330. The maximum atomic E-state index is 12.1. The fourth-order valence-electron chi connectivity index (χ4n) is 2.87. The van der Waals surface area contributed by atoms with Crippen molar-refractivity contribution >= 4 is 5.91 Å². The summed E-state index contributed by atoms with van der Waals surface area (Å²) in [6.07, 6.45) is 6.06. The van der Waals surface area contributed by atoms with Gasteiger partial charge in [-0.3, -0.25) is 4.79 Å². The molecule has 18 heavy (non-hydrogen) atoms. The van der Waals surface area contributed by atoms with Crippen LogP contribution >= 0.6 is 0 Å². The van der Waals surface area contributed by atoms with Crippen molar-refractivity contribution in [3.05, 3.63) is 11.6 Å². The van der Waals surface area contributed by atoms with Crippen LogP contribution in [0.25, 0.3) is 0 Å². The van der Waals surface area contributed by atoms with Crippen LogP contribution in [0.3, 0.4) is 0 Å². The maximum Gasteiger partial charge on any atom is 0.246 e. The van der Waals surface area contributed by atoms with Crippen LogP contribution in [0.4, 0.5) is 0 Å². The minimum Gasteiger partial charge on any atom is -0.394 e. The molecule has 0 radical (unpaired) electrons. The van der Waals surface area contributed by atoms with Gasteiger partial charge in [0.05, 0.1) is 18.8 Å². The monoisotopic (exact) mass is 253 g/mol. The van der Waals surface area contributed by atoms with Gasteiger partial charge in [-0.05, 0) is 38.0 Å². The molecule has 4 nitrogen and oxygen atoms in total. The second kappa shape index (κ2) is 5.85. The molecule has 2 N–H and O–H groups in total. The van der Waals surface area contributed by atoms with Gasteiger partial charge in [0.2, 0.25) is 5.91 Å². The Kier molecular flexibility index (Phi) is 4.40. The van der Waals surface area contributed by atoms with Crippen LogP contribution in [-0.4, -0.2) is 46.3 Å². The number of carbonyl (C=O) groups excluding carboxylic acids is 1. The molecule has 0 aromatic carbocycles. The standard InChI is InChI=1S/C14H23NO3/c1-10-2-4-11(5-3-10)6-14(18)15-8-13(17)7-12(15)9-16/h6,10,12-13,16-17H,2-5,7-9H2,1H3/t10?,12-,13+/m0/s1. The molecule has 0 bridgehead atoms. The molecule has 1 saturated heterocycles. The van der Waals surface area contributed by atoms with E-state index >= 15 is 0 Å². The lowest BCUT2D eigenvalue weighted by Gasteiger charge is -2.24. The molecule has 0 aromatic heterocycles. The molecule has 1 aliphatic carbocycles. The van der Waals surface area contributed by atoms with Gasteiger partial charge in [0.25, 0.3) is 0 Å². The normalized spacial score (nSPS) is 32.7. The molecule has 1 saturated carbocycles. The number of β-amino-alcohol motifs (C(OH)–C–C–N with tert-alkyl or cyclic N) is 1. The zero-order valence-electron chi connectivity index (χ0n) is 11.0. The molecule has 2 aliphatic rings. The zero-order valence-corrected chi connectivity index (χ0v) is 11.0. The summed E-state index contributed by atoms with van der Waals surface area (Å²) in [5, 5.41) is 18.8. The van der Waals surface area contributed by atoms with Crippen LogP contribution in [0.15, 0.2) is 11.6 Å². The molecular formula is C14H23NO3. The van der Waals surface area contributed by atoms with Crippen molar-refractivity contribution in [2.45, 2.75) is 51.2 Å². The number of amides is 1. The highest BCUT2D eigenvalue weighted by molar-refractivity contribution is 5.88. The van der Waals surface area contributed by atoms with Crippen molar-refractivity contribution in [1.82, 2.24) is 4.90 Å². The summed E-state index contributed by atoms with van der Waals surface area (Å²) >= 11 is 0. The molecule has 0 unspecified atom stereocenters. The molecule has 1 amide bonds. The molecule has 2 atom stereocenters. The van der Waals surface area contributed by atoms with Gasteiger partial charge in [0.15, 0.2) is 0 Å². The maximum absolute atomic E-state index is 12.1. The van der Waals surface area contributed by atoms with Crippen molar-refractivity contribution in [3.63, 3.8) is 0 Å². The molecular weight excluding hydrogens is 230 g/mol. The topological polar surface area (TPSA) is 60.8 Å². The lowest BCUT2D eigenvalue weighted by atomic mass is 9.87. The number of rotatable bonds is 2. The fourth-order valence-corrected chi connectivity index (χ4v) is 2.87. The second-order valence-corrected chi connectivity index (χ2v) is 5.70. The van der Waals surface area contributed by atoms with Gasteiger partial charge in [-0.2, -0.15) is 0 Å². The van der Waals surface area contributed by atoms with E-state index in [-0.39, 0.29) is 18.6 Å². The first-order chi connectivity index (χ1) is 8.60. The molecule has 1 heterocycles. The van der Waals surface area contributed by atoms with E-state index in [4.69, 9.17) is 0 Å². The Balaban J connectivity index is 1.97. The lowest BCUT2D eigenvalue weighted by Crippen LogP contribution is -2.37. The van der Waals surface area contributed by atoms with Gasteiger partial charge < -0.3 is 15.1 Å². The van der Waals surface area contributed by atoms with Crippen molar-refractivity contribution < 1.29 is 15.0 Å². The molecule has 0 aromatic rings. The summed E-state index contributed by atoms with van der Waals surface area (Å²) in [7, 11) is 0.